The topological polar surface area (TPSA) is 109 Å². The summed E-state index contributed by atoms with van der Waals surface area (Å²) in [6, 6.07) is 10.1. The number of carbonyl (C=O) groups excluding carboxylic acids is 2. The average molecular weight is 570 g/mol. The Balaban J connectivity index is 1.28. The van der Waals surface area contributed by atoms with Gasteiger partial charge >= 0.3 is 6.09 Å². The van der Waals surface area contributed by atoms with Crippen molar-refractivity contribution in [1.29, 1.82) is 0 Å². The Hall–Kier alpha value is -4.27. The quantitative estimate of drug-likeness (QED) is 0.279. The van der Waals surface area contributed by atoms with Gasteiger partial charge in [-0.2, -0.15) is 0 Å². The van der Waals surface area contributed by atoms with Gasteiger partial charge in [0.25, 0.3) is 0 Å². The van der Waals surface area contributed by atoms with Gasteiger partial charge in [-0.15, -0.1) is 5.10 Å². The van der Waals surface area contributed by atoms with Crippen molar-refractivity contribution in [2.24, 2.45) is 10.8 Å². The van der Waals surface area contributed by atoms with Gasteiger partial charge in [-0.05, 0) is 66.4 Å². The van der Waals surface area contributed by atoms with Crippen LogP contribution < -0.4 is 15.4 Å². The van der Waals surface area contributed by atoms with E-state index in [9.17, 15) is 14.0 Å². The molecule has 42 heavy (non-hydrogen) atoms. The number of hydrogen-bond donors (Lipinski definition) is 3. The molecule has 1 fully saturated rings. The summed E-state index contributed by atoms with van der Waals surface area (Å²) in [5, 5.41) is 13.6. The number of pyridine rings is 1. The van der Waals surface area contributed by atoms with E-state index in [1.165, 1.54) is 18.6 Å². The summed E-state index contributed by atoms with van der Waals surface area (Å²) in [5.74, 6) is 0.00879. The summed E-state index contributed by atoms with van der Waals surface area (Å²) in [5.41, 5.74) is 4.30. The molecule has 3 aliphatic rings. The molecular weight excluding hydrogens is 533 g/mol. The lowest BCUT2D eigenvalue weighted by Gasteiger charge is -2.41. The minimum atomic E-state index is -0.558. The Morgan fingerprint density at radius 1 is 1.19 bits per heavy atom. The summed E-state index contributed by atoms with van der Waals surface area (Å²) in [7, 11) is 0. The molecule has 1 saturated carbocycles. The highest BCUT2D eigenvalue weighted by Gasteiger charge is 2.42. The molecule has 1 atom stereocenters. The normalized spacial score (nSPS) is 20.4. The van der Waals surface area contributed by atoms with E-state index in [4.69, 9.17) is 4.74 Å². The van der Waals surface area contributed by atoms with Crippen LogP contribution in [-0.2, 0) is 4.79 Å². The Morgan fingerprint density at radius 3 is 2.71 bits per heavy atom. The van der Waals surface area contributed by atoms with E-state index >= 15 is 0 Å². The number of anilines is 1. The van der Waals surface area contributed by atoms with E-state index in [1.54, 1.807) is 12.3 Å². The number of fused-ring (bicyclic) bond motifs is 1. The summed E-state index contributed by atoms with van der Waals surface area (Å²) >= 11 is 0. The number of hydrogen-bond acceptors (Lipinski definition) is 6. The first-order chi connectivity index (χ1) is 20.2. The molecule has 0 radical (unpaired) electrons. The van der Waals surface area contributed by atoms with Crippen LogP contribution in [0.1, 0.15) is 76.5 Å². The summed E-state index contributed by atoms with van der Waals surface area (Å²) in [4.78, 5) is 30.9. The lowest BCUT2D eigenvalue weighted by atomic mass is 9.67. The number of ether oxygens (including phenoxy) is 1. The summed E-state index contributed by atoms with van der Waals surface area (Å²) in [6.45, 7) is 6.88. The van der Waals surface area contributed by atoms with Crippen LogP contribution in [0.15, 0.2) is 59.9 Å². The molecule has 8 nitrogen and oxygen atoms in total. The van der Waals surface area contributed by atoms with Crippen molar-refractivity contribution in [3.05, 3.63) is 77.0 Å². The van der Waals surface area contributed by atoms with Crippen LogP contribution in [0.3, 0.4) is 0 Å². The van der Waals surface area contributed by atoms with Crippen LogP contribution >= 0.6 is 0 Å². The molecule has 6 rings (SSSR count). The number of H-pyrrole nitrogens is 1. The third-order valence-electron chi connectivity index (χ3n) is 8.95. The molecule has 3 heterocycles. The van der Waals surface area contributed by atoms with Crippen molar-refractivity contribution in [3.8, 4) is 17.0 Å². The highest BCUT2D eigenvalue weighted by molar-refractivity contribution is 6.01. The van der Waals surface area contributed by atoms with Gasteiger partial charge in [0.05, 0.1) is 11.3 Å². The molecule has 0 bridgehead atoms. The van der Waals surface area contributed by atoms with Crippen LogP contribution in [0.4, 0.5) is 15.0 Å². The van der Waals surface area contributed by atoms with Crippen molar-refractivity contribution < 1.29 is 18.7 Å². The SMILES string of the molecule is CCC1(CNC(=O)Oc2n[nH]c3c2C(/C=C/c2ccc(-c4cccc(F)c4)cn2)C2=C(CC(C)(C)CC2=O)N3)CCC1. The van der Waals surface area contributed by atoms with Gasteiger partial charge in [0, 0.05) is 41.9 Å². The number of halogens is 1. The number of amides is 1. The Kier molecular flexibility index (Phi) is 7.20. The molecule has 3 aromatic rings. The lowest BCUT2D eigenvalue weighted by Crippen LogP contribution is -2.42. The molecule has 1 unspecified atom stereocenters. The molecular formula is C33H36FN5O3. The minimum absolute atomic E-state index is 0.0509. The zero-order valence-corrected chi connectivity index (χ0v) is 24.2. The van der Waals surface area contributed by atoms with Crippen molar-refractivity contribution in [1.82, 2.24) is 20.5 Å². The number of nitrogens with zero attached hydrogens (tertiary/aromatic N) is 2. The number of carbonyl (C=O) groups is 2. The third-order valence-corrected chi connectivity index (χ3v) is 8.95. The lowest BCUT2D eigenvalue weighted by molar-refractivity contribution is -0.118. The number of ketones is 1. The Labute approximate surface area is 244 Å². The van der Waals surface area contributed by atoms with Gasteiger partial charge < -0.3 is 15.4 Å². The van der Waals surface area contributed by atoms with Gasteiger partial charge in [0.1, 0.15) is 11.6 Å². The number of Topliss-reactive ketones (excluding diaryl/α,β-unsaturated/α-hetero) is 1. The van der Waals surface area contributed by atoms with Gasteiger partial charge in [-0.25, -0.2) is 9.18 Å². The molecule has 0 spiro atoms. The number of aromatic nitrogens is 3. The van der Waals surface area contributed by atoms with Crippen molar-refractivity contribution in [2.45, 2.75) is 65.2 Å². The van der Waals surface area contributed by atoms with Crippen LogP contribution in [0, 0.1) is 16.6 Å². The number of aromatic amines is 1. The zero-order valence-electron chi connectivity index (χ0n) is 24.2. The molecule has 9 heteroatoms. The molecule has 1 aliphatic heterocycles. The predicted octanol–water partition coefficient (Wildman–Crippen LogP) is 7.15. The number of allylic oxidation sites excluding steroid dienone is 3. The molecule has 0 saturated heterocycles. The highest BCUT2D eigenvalue weighted by Crippen LogP contribution is 2.49. The predicted molar refractivity (Wildman–Crippen MR) is 159 cm³/mol. The number of nitrogens with one attached hydrogen (secondary N) is 3. The second kappa shape index (κ2) is 10.9. The summed E-state index contributed by atoms with van der Waals surface area (Å²) in [6.07, 6.45) is 10.4. The largest absolute Gasteiger partial charge is 0.414 e. The fraction of sp³-hybridized carbons (Fsp3) is 0.394. The van der Waals surface area contributed by atoms with Gasteiger partial charge in [-0.3, -0.25) is 14.9 Å². The smallest absolute Gasteiger partial charge is 0.389 e. The number of benzene rings is 1. The maximum absolute atomic E-state index is 13.7. The van der Waals surface area contributed by atoms with Gasteiger partial charge in [0.2, 0.25) is 5.88 Å². The Bertz CT molecular complexity index is 1580. The Morgan fingerprint density at radius 2 is 2.02 bits per heavy atom. The zero-order chi connectivity index (χ0) is 29.5. The molecule has 2 aromatic heterocycles. The van der Waals surface area contributed by atoms with Crippen LogP contribution in [-0.4, -0.2) is 33.6 Å². The first-order valence-corrected chi connectivity index (χ1v) is 14.6. The highest BCUT2D eigenvalue weighted by atomic mass is 19.1. The second-order valence-corrected chi connectivity index (χ2v) is 12.5. The maximum atomic E-state index is 13.7. The van der Waals surface area contributed by atoms with Gasteiger partial charge in [0.15, 0.2) is 5.78 Å². The third kappa shape index (κ3) is 5.47. The molecule has 218 valence electrons. The summed E-state index contributed by atoms with van der Waals surface area (Å²) < 4.78 is 19.4. The van der Waals surface area contributed by atoms with E-state index < -0.39 is 12.0 Å². The minimum Gasteiger partial charge on any atom is -0.389 e. The first kappa shape index (κ1) is 27.9. The van der Waals surface area contributed by atoms with Crippen LogP contribution in [0.25, 0.3) is 17.2 Å². The van der Waals surface area contributed by atoms with Crippen LogP contribution in [0.2, 0.25) is 0 Å². The maximum Gasteiger partial charge on any atom is 0.414 e. The van der Waals surface area contributed by atoms with Crippen LogP contribution in [0.5, 0.6) is 5.88 Å². The van der Waals surface area contributed by atoms with E-state index in [0.29, 0.717) is 42.0 Å². The van der Waals surface area contributed by atoms with E-state index in [-0.39, 0.29) is 28.3 Å². The second-order valence-electron chi connectivity index (χ2n) is 12.5. The molecule has 2 aliphatic carbocycles. The van der Waals surface area contributed by atoms with Crippen molar-refractivity contribution >= 4 is 23.8 Å². The standard InChI is InChI=1S/C33H36FN5O3/c1-4-33(13-6-14-33)19-36-31(41)42-30-28-24(27-25(37-29(28)38-39-30)16-32(2,3)17-26(27)40)12-11-23-10-9-21(18-35-23)20-7-5-8-22(34)15-20/h5,7-12,15,18,24H,4,6,13-14,16-17,19H2,1-3H3,(H,36,41)(H2,37,38,39)/b12-11+. The molecule has 1 amide bonds. The van der Waals surface area contributed by atoms with Crippen molar-refractivity contribution in [3.63, 3.8) is 0 Å². The van der Waals surface area contributed by atoms with Crippen molar-refractivity contribution in [2.75, 3.05) is 11.9 Å². The monoisotopic (exact) mass is 569 g/mol. The fourth-order valence-corrected chi connectivity index (χ4v) is 6.34. The van der Waals surface area contributed by atoms with E-state index in [2.05, 4.69) is 46.6 Å². The molecule has 3 N–H and O–H groups in total. The first-order valence-electron chi connectivity index (χ1n) is 14.6. The molecule has 1 aromatic carbocycles. The van der Waals surface area contributed by atoms with E-state index in [1.807, 2.05) is 30.4 Å². The average Bonchev–Trinajstić information content (AvgIpc) is 3.32. The fourth-order valence-electron chi connectivity index (χ4n) is 6.34. The van der Waals surface area contributed by atoms with Gasteiger partial charge in [-0.1, -0.05) is 51.5 Å². The van der Waals surface area contributed by atoms with E-state index in [0.717, 1.165) is 36.1 Å². The number of rotatable bonds is 7.